The summed E-state index contributed by atoms with van der Waals surface area (Å²) in [5.74, 6) is 0.949. The molecule has 22 heavy (non-hydrogen) atoms. The van der Waals surface area contributed by atoms with Crippen molar-refractivity contribution < 1.29 is 4.79 Å². The molecule has 0 atom stereocenters. The number of hydrogen-bond acceptors (Lipinski definition) is 4. The molecule has 0 unspecified atom stereocenters. The van der Waals surface area contributed by atoms with Crippen molar-refractivity contribution >= 4 is 22.1 Å². The number of aromatic nitrogens is 3. The Bertz CT molecular complexity index is 887. The van der Waals surface area contributed by atoms with E-state index in [1.807, 2.05) is 16.6 Å². The first-order chi connectivity index (χ1) is 10.4. The molecule has 0 spiro atoms. The molecule has 1 aliphatic carbocycles. The maximum Gasteiger partial charge on any atom is 0.213 e. The molecule has 1 aliphatic rings. The fourth-order valence-electron chi connectivity index (χ4n) is 3.01. The molecule has 2 heterocycles. The highest BCUT2D eigenvalue weighted by Crippen LogP contribution is 2.38. The van der Waals surface area contributed by atoms with E-state index in [1.54, 1.807) is 0 Å². The van der Waals surface area contributed by atoms with Gasteiger partial charge in [0, 0.05) is 12.0 Å². The largest absolute Gasteiger partial charge is 0.293 e. The molecule has 112 valence electrons. The molecular formula is C17H17N3OS. The van der Waals surface area contributed by atoms with Gasteiger partial charge in [-0.15, -0.1) is 5.10 Å². The number of rotatable bonds is 1. The Morgan fingerprint density at radius 3 is 2.64 bits per heavy atom. The lowest BCUT2D eigenvalue weighted by Gasteiger charge is -2.27. The summed E-state index contributed by atoms with van der Waals surface area (Å²) in [5, 5.41) is 4.65. The monoisotopic (exact) mass is 311 g/mol. The molecule has 3 aromatic rings. The van der Waals surface area contributed by atoms with Crippen molar-refractivity contribution in [2.45, 2.75) is 33.6 Å². The van der Waals surface area contributed by atoms with Crippen molar-refractivity contribution in [1.82, 2.24) is 14.6 Å². The number of nitrogens with zero attached hydrogens (tertiary/aromatic N) is 3. The van der Waals surface area contributed by atoms with E-state index in [0.717, 1.165) is 33.3 Å². The number of carbonyl (C=O) groups is 1. The van der Waals surface area contributed by atoms with Gasteiger partial charge in [-0.1, -0.05) is 55.0 Å². The van der Waals surface area contributed by atoms with Crippen LogP contribution in [0.1, 0.15) is 41.2 Å². The fourth-order valence-corrected chi connectivity index (χ4v) is 4.03. The van der Waals surface area contributed by atoms with Crippen molar-refractivity contribution in [3.63, 3.8) is 0 Å². The van der Waals surface area contributed by atoms with Crippen LogP contribution in [0, 0.1) is 12.3 Å². The van der Waals surface area contributed by atoms with Crippen molar-refractivity contribution in [3.8, 4) is 11.4 Å². The highest BCUT2D eigenvalue weighted by Gasteiger charge is 2.35. The Kier molecular flexibility index (Phi) is 2.78. The number of carbonyl (C=O) groups excluding carboxylic acids is 1. The Morgan fingerprint density at radius 1 is 1.18 bits per heavy atom. The lowest BCUT2D eigenvalue weighted by atomic mass is 9.78. The van der Waals surface area contributed by atoms with E-state index in [4.69, 9.17) is 0 Å². The molecule has 0 N–H and O–H groups in total. The number of fused-ring (bicyclic) bond motifs is 3. The third-order valence-electron chi connectivity index (χ3n) is 4.14. The number of thiazole rings is 1. The number of Topliss-reactive ketones (excluding diaryl/α,β-unsaturated/α-hetero) is 1. The molecular weight excluding hydrogens is 294 g/mol. The topological polar surface area (TPSA) is 47.3 Å². The van der Waals surface area contributed by atoms with Crippen LogP contribution in [0.15, 0.2) is 24.3 Å². The number of hydrogen-bond donors (Lipinski definition) is 0. The molecule has 0 amide bonds. The summed E-state index contributed by atoms with van der Waals surface area (Å²) >= 11 is 1.47. The van der Waals surface area contributed by atoms with E-state index in [0.29, 0.717) is 6.42 Å². The Morgan fingerprint density at radius 2 is 1.91 bits per heavy atom. The molecule has 5 heteroatoms. The SMILES string of the molecule is Cc1ccc(-c2nc3sc4c(n3n2)CC(C)(C)CC4=O)cc1. The Hall–Kier alpha value is -2.01. The van der Waals surface area contributed by atoms with Crippen LogP contribution < -0.4 is 0 Å². The minimum Gasteiger partial charge on any atom is -0.293 e. The first-order valence-electron chi connectivity index (χ1n) is 7.42. The van der Waals surface area contributed by atoms with E-state index in [9.17, 15) is 4.79 Å². The first-order valence-corrected chi connectivity index (χ1v) is 8.23. The lowest BCUT2D eigenvalue weighted by Crippen LogP contribution is -2.27. The predicted octanol–water partition coefficient (Wildman–Crippen LogP) is 3.92. The summed E-state index contributed by atoms with van der Waals surface area (Å²) in [7, 11) is 0. The maximum absolute atomic E-state index is 12.3. The second kappa shape index (κ2) is 4.49. The molecule has 0 saturated carbocycles. The summed E-state index contributed by atoms with van der Waals surface area (Å²) in [4.78, 5) is 18.6. The molecule has 0 radical (unpaired) electrons. The molecule has 2 aromatic heterocycles. The van der Waals surface area contributed by atoms with Crippen LogP contribution in [-0.4, -0.2) is 20.4 Å². The van der Waals surface area contributed by atoms with Crippen LogP contribution >= 0.6 is 11.3 Å². The molecule has 0 saturated heterocycles. The zero-order valence-corrected chi connectivity index (χ0v) is 13.7. The smallest absolute Gasteiger partial charge is 0.213 e. The second-order valence-electron chi connectivity index (χ2n) is 6.81. The lowest BCUT2D eigenvalue weighted by molar-refractivity contribution is 0.0915. The summed E-state index contributed by atoms with van der Waals surface area (Å²) in [6, 6.07) is 8.20. The van der Waals surface area contributed by atoms with Gasteiger partial charge in [0.05, 0.1) is 10.6 Å². The molecule has 4 rings (SSSR count). The number of aryl methyl sites for hydroxylation is 1. The minimum absolute atomic E-state index is 0.00589. The van der Waals surface area contributed by atoms with Gasteiger partial charge in [0.2, 0.25) is 4.96 Å². The van der Waals surface area contributed by atoms with Gasteiger partial charge in [0.1, 0.15) is 0 Å². The average molecular weight is 311 g/mol. The standard InChI is InChI=1S/C17H17N3OS/c1-10-4-6-11(7-5-10)15-18-16-20(19-15)12-8-17(2,3)9-13(21)14(12)22-16/h4-7H,8-9H2,1-3H3. The normalized spacial score (nSPS) is 17.0. The van der Waals surface area contributed by atoms with Gasteiger partial charge >= 0.3 is 0 Å². The van der Waals surface area contributed by atoms with Crippen LogP contribution in [0.4, 0.5) is 0 Å². The van der Waals surface area contributed by atoms with Crippen LogP contribution in [-0.2, 0) is 6.42 Å². The van der Waals surface area contributed by atoms with E-state index in [-0.39, 0.29) is 11.2 Å². The second-order valence-corrected chi connectivity index (χ2v) is 7.79. The van der Waals surface area contributed by atoms with Crippen molar-refractivity contribution in [3.05, 3.63) is 40.4 Å². The summed E-state index contributed by atoms with van der Waals surface area (Å²) < 4.78 is 1.87. The van der Waals surface area contributed by atoms with Gasteiger partial charge in [-0.2, -0.15) is 4.98 Å². The molecule has 0 bridgehead atoms. The van der Waals surface area contributed by atoms with E-state index in [1.165, 1.54) is 16.9 Å². The minimum atomic E-state index is -0.00589. The van der Waals surface area contributed by atoms with E-state index >= 15 is 0 Å². The Labute approximate surface area is 132 Å². The third kappa shape index (κ3) is 2.08. The van der Waals surface area contributed by atoms with Gasteiger partial charge in [-0.05, 0) is 18.8 Å². The van der Waals surface area contributed by atoms with E-state index in [2.05, 4.69) is 43.0 Å². The quantitative estimate of drug-likeness (QED) is 0.684. The number of benzene rings is 1. The highest BCUT2D eigenvalue weighted by molar-refractivity contribution is 7.19. The zero-order chi connectivity index (χ0) is 15.5. The average Bonchev–Trinajstić information content (AvgIpc) is 2.98. The molecule has 1 aromatic carbocycles. The van der Waals surface area contributed by atoms with Gasteiger partial charge in [0.15, 0.2) is 11.6 Å². The molecule has 0 aliphatic heterocycles. The van der Waals surface area contributed by atoms with E-state index < -0.39 is 0 Å². The van der Waals surface area contributed by atoms with Crippen molar-refractivity contribution in [2.75, 3.05) is 0 Å². The molecule has 4 nitrogen and oxygen atoms in total. The zero-order valence-electron chi connectivity index (χ0n) is 12.9. The summed E-state index contributed by atoms with van der Waals surface area (Å²) in [6.45, 7) is 6.33. The third-order valence-corrected chi connectivity index (χ3v) is 5.25. The van der Waals surface area contributed by atoms with Gasteiger partial charge < -0.3 is 0 Å². The van der Waals surface area contributed by atoms with Crippen LogP contribution in [0.25, 0.3) is 16.3 Å². The van der Waals surface area contributed by atoms with Crippen LogP contribution in [0.3, 0.4) is 0 Å². The van der Waals surface area contributed by atoms with Gasteiger partial charge in [0.25, 0.3) is 0 Å². The summed E-state index contributed by atoms with van der Waals surface area (Å²) in [6.07, 6.45) is 1.47. The molecule has 0 fully saturated rings. The van der Waals surface area contributed by atoms with Crippen molar-refractivity contribution in [1.29, 1.82) is 0 Å². The van der Waals surface area contributed by atoms with Crippen LogP contribution in [0.2, 0.25) is 0 Å². The van der Waals surface area contributed by atoms with Crippen LogP contribution in [0.5, 0.6) is 0 Å². The fraction of sp³-hybridized carbons (Fsp3) is 0.353. The predicted molar refractivity (Wildman–Crippen MR) is 87.5 cm³/mol. The van der Waals surface area contributed by atoms with Crippen molar-refractivity contribution in [2.24, 2.45) is 5.41 Å². The maximum atomic E-state index is 12.3. The number of ketones is 1. The van der Waals surface area contributed by atoms with Gasteiger partial charge in [-0.25, -0.2) is 4.52 Å². The van der Waals surface area contributed by atoms with Gasteiger partial charge in [-0.3, -0.25) is 4.79 Å². The first kappa shape index (κ1) is 13.6. The summed E-state index contributed by atoms with van der Waals surface area (Å²) in [5.41, 5.74) is 3.24. The highest BCUT2D eigenvalue weighted by atomic mass is 32.1. The Balaban J connectivity index is 1.85.